The van der Waals surface area contributed by atoms with Crippen molar-refractivity contribution < 1.29 is 9.59 Å². The molecule has 0 fully saturated rings. The summed E-state index contributed by atoms with van der Waals surface area (Å²) >= 11 is 0. The standard InChI is InChI=1S/C23H28N4O2/c1-3-18-11-6-7-12-19(18)26-21(28)14-5-4-9-15-24-23(29)22-17(2)25-20-13-8-10-16-27(20)22/h6-8,10-13,16H,3-5,9,14-15H2,1-2H3,(H,24,29)(H,26,28). The van der Waals surface area contributed by atoms with Crippen LogP contribution in [0.15, 0.2) is 48.7 Å². The lowest BCUT2D eigenvalue weighted by Crippen LogP contribution is -2.26. The molecule has 3 rings (SSSR count). The Labute approximate surface area is 171 Å². The molecular formula is C23H28N4O2. The van der Waals surface area contributed by atoms with Crippen LogP contribution < -0.4 is 10.6 Å². The molecule has 0 spiro atoms. The summed E-state index contributed by atoms with van der Waals surface area (Å²) in [5, 5.41) is 5.95. The number of hydrogen-bond donors (Lipinski definition) is 2. The molecule has 0 aliphatic carbocycles. The summed E-state index contributed by atoms with van der Waals surface area (Å²) in [5.74, 6) is -0.0774. The second kappa shape index (κ2) is 9.87. The number of carbonyl (C=O) groups excluding carboxylic acids is 2. The molecule has 0 radical (unpaired) electrons. The third kappa shape index (κ3) is 5.22. The van der Waals surface area contributed by atoms with E-state index in [1.807, 2.05) is 60.0 Å². The number of carbonyl (C=O) groups is 2. The van der Waals surface area contributed by atoms with Crippen molar-refractivity contribution in [3.8, 4) is 0 Å². The molecule has 0 bridgehead atoms. The van der Waals surface area contributed by atoms with Crippen LogP contribution >= 0.6 is 0 Å². The van der Waals surface area contributed by atoms with Gasteiger partial charge < -0.3 is 10.6 Å². The van der Waals surface area contributed by atoms with Crippen molar-refractivity contribution in [2.24, 2.45) is 0 Å². The van der Waals surface area contributed by atoms with E-state index in [9.17, 15) is 9.59 Å². The Morgan fingerprint density at radius 3 is 2.66 bits per heavy atom. The average Bonchev–Trinajstić information content (AvgIpc) is 3.06. The highest BCUT2D eigenvalue weighted by Gasteiger charge is 2.15. The zero-order valence-corrected chi connectivity index (χ0v) is 17.1. The van der Waals surface area contributed by atoms with Gasteiger partial charge in [0, 0.05) is 24.8 Å². The lowest BCUT2D eigenvalue weighted by molar-refractivity contribution is -0.116. The van der Waals surface area contributed by atoms with Crippen LogP contribution in [0.4, 0.5) is 5.69 Å². The largest absolute Gasteiger partial charge is 0.351 e. The van der Waals surface area contributed by atoms with Gasteiger partial charge in [-0.25, -0.2) is 4.98 Å². The number of pyridine rings is 1. The molecule has 1 aromatic carbocycles. The van der Waals surface area contributed by atoms with Gasteiger partial charge in [-0.05, 0) is 49.9 Å². The van der Waals surface area contributed by atoms with E-state index >= 15 is 0 Å². The quantitative estimate of drug-likeness (QED) is 0.538. The number of unbranched alkanes of at least 4 members (excludes halogenated alkanes) is 2. The molecule has 0 aliphatic rings. The molecule has 2 heterocycles. The van der Waals surface area contributed by atoms with Gasteiger partial charge in [-0.15, -0.1) is 0 Å². The molecule has 0 aliphatic heterocycles. The third-order valence-electron chi connectivity index (χ3n) is 4.96. The highest BCUT2D eigenvalue weighted by atomic mass is 16.2. The summed E-state index contributed by atoms with van der Waals surface area (Å²) in [4.78, 5) is 29.1. The highest BCUT2D eigenvalue weighted by molar-refractivity contribution is 5.94. The van der Waals surface area contributed by atoms with Crippen LogP contribution in [0.1, 0.15) is 54.4 Å². The van der Waals surface area contributed by atoms with E-state index in [0.717, 1.165) is 48.3 Å². The minimum atomic E-state index is -0.116. The van der Waals surface area contributed by atoms with Gasteiger partial charge in [0.1, 0.15) is 11.3 Å². The molecule has 2 amide bonds. The van der Waals surface area contributed by atoms with Crippen LogP contribution in [0.25, 0.3) is 5.65 Å². The molecule has 0 atom stereocenters. The molecule has 0 saturated carbocycles. The van der Waals surface area contributed by atoms with Gasteiger partial charge in [0.15, 0.2) is 0 Å². The first-order valence-electron chi connectivity index (χ1n) is 10.2. The van der Waals surface area contributed by atoms with Gasteiger partial charge in [0.05, 0.1) is 5.69 Å². The number of nitrogens with zero attached hydrogens (tertiary/aromatic N) is 2. The van der Waals surface area contributed by atoms with E-state index < -0.39 is 0 Å². The first kappa shape index (κ1) is 20.6. The minimum absolute atomic E-state index is 0.0382. The second-order valence-corrected chi connectivity index (χ2v) is 7.10. The van der Waals surface area contributed by atoms with Crippen molar-refractivity contribution in [3.05, 3.63) is 65.6 Å². The Morgan fingerprint density at radius 1 is 1.03 bits per heavy atom. The van der Waals surface area contributed by atoms with E-state index in [2.05, 4.69) is 22.5 Å². The number of benzene rings is 1. The zero-order chi connectivity index (χ0) is 20.6. The Hall–Kier alpha value is -3.15. The number of aromatic nitrogens is 2. The SMILES string of the molecule is CCc1ccccc1NC(=O)CCCCCNC(=O)c1c(C)nc2ccccn12. The van der Waals surface area contributed by atoms with Crippen molar-refractivity contribution in [2.45, 2.75) is 46.0 Å². The average molecular weight is 393 g/mol. The van der Waals surface area contributed by atoms with Crippen LogP contribution in [0.5, 0.6) is 0 Å². The van der Waals surface area contributed by atoms with Gasteiger partial charge in [-0.2, -0.15) is 0 Å². The van der Waals surface area contributed by atoms with Crippen molar-refractivity contribution in [2.75, 3.05) is 11.9 Å². The van der Waals surface area contributed by atoms with E-state index in [1.165, 1.54) is 0 Å². The number of aryl methyl sites for hydroxylation is 2. The van der Waals surface area contributed by atoms with E-state index in [4.69, 9.17) is 0 Å². The third-order valence-corrected chi connectivity index (χ3v) is 4.96. The highest BCUT2D eigenvalue weighted by Crippen LogP contribution is 2.16. The van der Waals surface area contributed by atoms with E-state index in [1.54, 1.807) is 0 Å². The number of rotatable bonds is 9. The summed E-state index contributed by atoms with van der Waals surface area (Å²) in [5.41, 5.74) is 4.11. The van der Waals surface area contributed by atoms with Crippen molar-refractivity contribution in [3.63, 3.8) is 0 Å². The molecule has 152 valence electrons. The fraction of sp³-hybridized carbons (Fsp3) is 0.348. The molecule has 2 N–H and O–H groups in total. The van der Waals surface area contributed by atoms with Crippen LogP contribution in [0.2, 0.25) is 0 Å². The van der Waals surface area contributed by atoms with Crippen LogP contribution in [-0.4, -0.2) is 27.7 Å². The predicted octanol–water partition coefficient (Wildman–Crippen LogP) is 4.13. The summed E-state index contributed by atoms with van der Waals surface area (Å²) in [6, 6.07) is 13.6. The molecule has 6 nitrogen and oxygen atoms in total. The van der Waals surface area contributed by atoms with Gasteiger partial charge in [-0.3, -0.25) is 14.0 Å². The first-order chi connectivity index (χ1) is 14.1. The van der Waals surface area contributed by atoms with Crippen LogP contribution in [0, 0.1) is 6.92 Å². The lowest BCUT2D eigenvalue weighted by atomic mass is 10.1. The van der Waals surface area contributed by atoms with Crippen LogP contribution in [0.3, 0.4) is 0 Å². The van der Waals surface area contributed by atoms with Gasteiger partial charge in [-0.1, -0.05) is 37.6 Å². The summed E-state index contributed by atoms with van der Waals surface area (Å²) < 4.78 is 1.81. The number of nitrogens with one attached hydrogen (secondary N) is 2. The Kier molecular flexibility index (Phi) is 7.00. The topological polar surface area (TPSA) is 75.5 Å². The first-order valence-corrected chi connectivity index (χ1v) is 10.2. The molecule has 3 aromatic rings. The number of para-hydroxylation sites is 1. The van der Waals surface area contributed by atoms with Crippen molar-refractivity contribution in [1.82, 2.24) is 14.7 Å². The fourth-order valence-electron chi connectivity index (χ4n) is 3.42. The monoisotopic (exact) mass is 392 g/mol. The fourth-order valence-corrected chi connectivity index (χ4v) is 3.42. The summed E-state index contributed by atoms with van der Waals surface area (Å²) in [6.07, 6.45) is 5.74. The van der Waals surface area contributed by atoms with Crippen molar-refractivity contribution in [1.29, 1.82) is 0 Å². The number of hydrogen-bond acceptors (Lipinski definition) is 3. The molecule has 29 heavy (non-hydrogen) atoms. The predicted molar refractivity (Wildman–Crippen MR) is 115 cm³/mol. The maximum atomic E-state index is 12.5. The second-order valence-electron chi connectivity index (χ2n) is 7.10. The number of anilines is 1. The van der Waals surface area contributed by atoms with Gasteiger partial charge >= 0.3 is 0 Å². The number of fused-ring (bicyclic) bond motifs is 1. The number of amides is 2. The smallest absolute Gasteiger partial charge is 0.270 e. The van der Waals surface area contributed by atoms with E-state index in [-0.39, 0.29) is 11.8 Å². The van der Waals surface area contributed by atoms with Crippen molar-refractivity contribution >= 4 is 23.1 Å². The lowest BCUT2D eigenvalue weighted by Gasteiger charge is -2.09. The molecule has 6 heteroatoms. The van der Waals surface area contributed by atoms with E-state index in [0.29, 0.717) is 18.7 Å². The maximum Gasteiger partial charge on any atom is 0.270 e. The minimum Gasteiger partial charge on any atom is -0.351 e. The Bertz CT molecular complexity index is 993. The molecule has 2 aromatic heterocycles. The molecule has 0 unspecified atom stereocenters. The number of imidazole rings is 1. The molecule has 0 saturated heterocycles. The Balaban J connectivity index is 1.38. The van der Waals surface area contributed by atoms with Gasteiger partial charge in [0.25, 0.3) is 5.91 Å². The normalized spacial score (nSPS) is 10.8. The summed E-state index contributed by atoms with van der Waals surface area (Å²) in [6.45, 7) is 4.50. The maximum absolute atomic E-state index is 12.5. The molecular weight excluding hydrogens is 364 g/mol. The van der Waals surface area contributed by atoms with Gasteiger partial charge in [0.2, 0.25) is 5.91 Å². The Morgan fingerprint density at radius 2 is 1.83 bits per heavy atom. The van der Waals surface area contributed by atoms with Crippen LogP contribution in [-0.2, 0) is 11.2 Å². The zero-order valence-electron chi connectivity index (χ0n) is 17.1. The summed E-state index contributed by atoms with van der Waals surface area (Å²) in [7, 11) is 0.